The molecule has 0 radical (unpaired) electrons. The first-order valence-electron chi connectivity index (χ1n) is 9.23. The Hall–Kier alpha value is -2.26. The van der Waals surface area contributed by atoms with Crippen molar-refractivity contribution >= 4 is 10.9 Å². The van der Waals surface area contributed by atoms with E-state index >= 15 is 0 Å². The van der Waals surface area contributed by atoms with E-state index in [1.165, 1.54) is 22.2 Å². The average Bonchev–Trinajstić information content (AvgIpc) is 2.97. The summed E-state index contributed by atoms with van der Waals surface area (Å²) in [4.78, 5) is 6.13. The molecule has 3 heteroatoms. The van der Waals surface area contributed by atoms with Gasteiger partial charge in [-0.05, 0) is 56.5 Å². The van der Waals surface area contributed by atoms with Gasteiger partial charge in [0.15, 0.2) is 0 Å². The molecule has 2 unspecified atom stereocenters. The van der Waals surface area contributed by atoms with Crippen LogP contribution in [0.15, 0.2) is 48.5 Å². The van der Waals surface area contributed by atoms with Gasteiger partial charge in [-0.25, -0.2) is 0 Å². The molecule has 25 heavy (non-hydrogen) atoms. The van der Waals surface area contributed by atoms with Crippen molar-refractivity contribution in [3.8, 4) is 5.75 Å². The number of aromatic nitrogens is 1. The van der Waals surface area contributed by atoms with Crippen molar-refractivity contribution in [1.29, 1.82) is 0 Å². The number of para-hydroxylation sites is 2. The van der Waals surface area contributed by atoms with Crippen LogP contribution in [0.1, 0.15) is 23.2 Å². The van der Waals surface area contributed by atoms with Crippen molar-refractivity contribution < 1.29 is 5.11 Å². The van der Waals surface area contributed by atoms with E-state index < -0.39 is 0 Å². The molecule has 0 amide bonds. The van der Waals surface area contributed by atoms with E-state index in [1.54, 1.807) is 0 Å². The van der Waals surface area contributed by atoms with Crippen LogP contribution in [-0.4, -0.2) is 35.1 Å². The third kappa shape index (κ3) is 2.15. The smallest absolute Gasteiger partial charge is 0.119 e. The van der Waals surface area contributed by atoms with E-state index in [0.717, 1.165) is 37.9 Å². The number of H-pyrrole nitrogens is 1. The Balaban J connectivity index is 1.70. The normalized spacial score (nSPS) is 26.4. The zero-order chi connectivity index (χ0) is 17.0. The Morgan fingerprint density at radius 1 is 1.12 bits per heavy atom. The Morgan fingerprint density at radius 3 is 2.80 bits per heavy atom. The molecular weight excluding hydrogens is 308 g/mol. The summed E-state index contributed by atoms with van der Waals surface area (Å²) in [6.07, 6.45) is 3.17. The molecule has 3 aromatic rings. The predicted octanol–water partition coefficient (Wildman–Crippen LogP) is 3.86. The fraction of sp³-hybridized carbons (Fsp3) is 0.364. The molecule has 128 valence electrons. The maximum atomic E-state index is 10.6. The molecule has 0 spiro atoms. The number of fused-ring (bicyclic) bond motifs is 4. The minimum absolute atomic E-state index is 0.0335. The van der Waals surface area contributed by atoms with Gasteiger partial charge in [-0.3, -0.25) is 0 Å². The topological polar surface area (TPSA) is 39.3 Å². The average molecular weight is 332 g/mol. The number of likely N-dealkylation sites (tertiary alicyclic amines) is 1. The van der Waals surface area contributed by atoms with Crippen molar-refractivity contribution in [2.75, 3.05) is 20.1 Å². The minimum atomic E-state index is 0.0335. The van der Waals surface area contributed by atoms with Gasteiger partial charge >= 0.3 is 0 Å². The summed E-state index contributed by atoms with van der Waals surface area (Å²) in [6, 6.07) is 16.6. The summed E-state index contributed by atoms with van der Waals surface area (Å²) in [7, 11) is 2.22. The lowest BCUT2D eigenvalue weighted by Crippen LogP contribution is -2.52. The second-order valence-corrected chi connectivity index (χ2v) is 7.89. The molecule has 1 fully saturated rings. The highest BCUT2D eigenvalue weighted by Gasteiger charge is 2.48. The fourth-order valence-electron chi connectivity index (χ4n) is 5.28. The summed E-state index contributed by atoms with van der Waals surface area (Å²) in [5.41, 5.74) is 5.27. The van der Waals surface area contributed by atoms with Gasteiger partial charge in [0, 0.05) is 34.1 Å². The van der Waals surface area contributed by atoms with Gasteiger partial charge < -0.3 is 15.0 Å². The zero-order valence-corrected chi connectivity index (χ0v) is 14.6. The Kier molecular flexibility index (Phi) is 3.23. The van der Waals surface area contributed by atoms with E-state index in [-0.39, 0.29) is 5.41 Å². The van der Waals surface area contributed by atoms with E-state index in [1.807, 2.05) is 12.1 Å². The number of aromatic amines is 1. The van der Waals surface area contributed by atoms with Crippen LogP contribution in [0.2, 0.25) is 0 Å². The maximum absolute atomic E-state index is 10.6. The molecule has 1 aliphatic carbocycles. The number of rotatable bonds is 1. The monoisotopic (exact) mass is 332 g/mol. The summed E-state index contributed by atoms with van der Waals surface area (Å²) in [5.74, 6) is 0.989. The SMILES string of the molecule is CN1CCC2(c3ccccc3O)Cc3[nH]c4ccccc4c3CC2C1. The van der Waals surface area contributed by atoms with Crippen LogP contribution in [0.3, 0.4) is 0 Å². The minimum Gasteiger partial charge on any atom is -0.508 e. The number of benzene rings is 2. The first kappa shape index (κ1) is 15.0. The van der Waals surface area contributed by atoms with Crippen LogP contribution in [0.25, 0.3) is 10.9 Å². The third-order valence-corrected chi connectivity index (χ3v) is 6.54. The quantitative estimate of drug-likeness (QED) is 0.710. The molecule has 2 heterocycles. The van der Waals surface area contributed by atoms with Gasteiger partial charge in [0.2, 0.25) is 0 Å². The lowest BCUT2D eigenvalue weighted by atomic mass is 9.58. The van der Waals surface area contributed by atoms with Crippen LogP contribution in [0, 0.1) is 5.92 Å². The van der Waals surface area contributed by atoms with Crippen molar-refractivity contribution in [2.24, 2.45) is 5.92 Å². The number of nitrogens with zero attached hydrogens (tertiary/aromatic N) is 1. The van der Waals surface area contributed by atoms with Gasteiger partial charge in [-0.15, -0.1) is 0 Å². The standard InChI is InChI=1S/C22H24N2O/c1-24-11-10-22(18-7-3-5-9-21(18)25)13-20-17(12-15(22)14-24)16-6-2-4-8-19(16)23-20/h2-9,15,23,25H,10-14H2,1H3. The molecule has 2 atom stereocenters. The second-order valence-electron chi connectivity index (χ2n) is 7.89. The Bertz CT molecular complexity index is 944. The van der Waals surface area contributed by atoms with Gasteiger partial charge in [-0.1, -0.05) is 36.4 Å². The number of hydrogen-bond donors (Lipinski definition) is 2. The van der Waals surface area contributed by atoms with Crippen molar-refractivity contribution in [3.63, 3.8) is 0 Å². The number of nitrogens with one attached hydrogen (secondary N) is 1. The molecule has 2 aliphatic rings. The first-order valence-corrected chi connectivity index (χ1v) is 9.23. The van der Waals surface area contributed by atoms with Crippen LogP contribution in [0.5, 0.6) is 5.75 Å². The molecule has 1 saturated heterocycles. The predicted molar refractivity (Wildman–Crippen MR) is 101 cm³/mol. The first-order chi connectivity index (χ1) is 12.2. The van der Waals surface area contributed by atoms with E-state index in [2.05, 4.69) is 53.3 Å². The molecule has 2 N–H and O–H groups in total. The summed E-state index contributed by atoms with van der Waals surface area (Å²) < 4.78 is 0. The van der Waals surface area contributed by atoms with Gasteiger partial charge in [0.25, 0.3) is 0 Å². The Labute approximate surface area is 148 Å². The summed E-state index contributed by atoms with van der Waals surface area (Å²) >= 11 is 0. The fourth-order valence-corrected chi connectivity index (χ4v) is 5.28. The highest BCUT2D eigenvalue weighted by atomic mass is 16.3. The number of piperidine rings is 1. The summed E-state index contributed by atoms with van der Waals surface area (Å²) in [5, 5.41) is 12.0. The van der Waals surface area contributed by atoms with Gasteiger partial charge in [-0.2, -0.15) is 0 Å². The van der Waals surface area contributed by atoms with Crippen molar-refractivity contribution in [3.05, 3.63) is 65.4 Å². The molecule has 0 saturated carbocycles. The van der Waals surface area contributed by atoms with Crippen LogP contribution in [0.4, 0.5) is 0 Å². The van der Waals surface area contributed by atoms with E-state index in [4.69, 9.17) is 0 Å². The van der Waals surface area contributed by atoms with E-state index in [9.17, 15) is 5.11 Å². The molecular formula is C22H24N2O. The molecule has 2 aromatic carbocycles. The van der Waals surface area contributed by atoms with E-state index in [0.29, 0.717) is 11.7 Å². The molecule has 1 aliphatic heterocycles. The molecule has 5 rings (SSSR count). The highest BCUT2D eigenvalue weighted by molar-refractivity contribution is 5.85. The Morgan fingerprint density at radius 2 is 1.92 bits per heavy atom. The highest BCUT2D eigenvalue weighted by Crippen LogP contribution is 2.50. The van der Waals surface area contributed by atoms with Crippen molar-refractivity contribution in [2.45, 2.75) is 24.7 Å². The second kappa shape index (κ2) is 5.37. The van der Waals surface area contributed by atoms with Crippen LogP contribution < -0.4 is 0 Å². The molecule has 3 nitrogen and oxygen atoms in total. The largest absolute Gasteiger partial charge is 0.508 e. The summed E-state index contributed by atoms with van der Waals surface area (Å²) in [6.45, 7) is 2.17. The van der Waals surface area contributed by atoms with Gasteiger partial charge in [0.1, 0.15) is 5.75 Å². The number of aromatic hydroxyl groups is 1. The lowest BCUT2D eigenvalue weighted by molar-refractivity contribution is 0.0975. The van der Waals surface area contributed by atoms with Crippen LogP contribution >= 0.6 is 0 Å². The lowest BCUT2D eigenvalue weighted by Gasteiger charge is -2.50. The molecule has 1 aromatic heterocycles. The van der Waals surface area contributed by atoms with Crippen molar-refractivity contribution in [1.82, 2.24) is 9.88 Å². The van der Waals surface area contributed by atoms with Crippen LogP contribution in [-0.2, 0) is 18.3 Å². The number of hydrogen-bond acceptors (Lipinski definition) is 2. The number of phenols is 1. The molecule has 0 bridgehead atoms. The maximum Gasteiger partial charge on any atom is 0.119 e. The zero-order valence-electron chi connectivity index (χ0n) is 14.6. The van der Waals surface area contributed by atoms with Gasteiger partial charge in [0.05, 0.1) is 0 Å². The number of phenolic OH excluding ortho intramolecular Hbond substituents is 1. The third-order valence-electron chi connectivity index (χ3n) is 6.54.